The lowest BCUT2D eigenvalue weighted by Crippen LogP contribution is -2.28. The highest BCUT2D eigenvalue weighted by atomic mass is 16.3. The van der Waals surface area contributed by atoms with Crippen molar-refractivity contribution in [3.8, 4) is 5.75 Å². The van der Waals surface area contributed by atoms with Gasteiger partial charge in [-0.25, -0.2) is 0 Å². The lowest BCUT2D eigenvalue weighted by Gasteiger charge is -2.17. The summed E-state index contributed by atoms with van der Waals surface area (Å²) in [5.74, 6) is 0.306. The van der Waals surface area contributed by atoms with E-state index in [1.54, 1.807) is 12.1 Å². The van der Waals surface area contributed by atoms with Crippen molar-refractivity contribution in [3.63, 3.8) is 0 Å². The molecule has 0 unspecified atom stereocenters. The number of aliphatic hydroxyl groups excluding tert-OH is 1. The molecule has 2 atom stereocenters. The third-order valence-electron chi connectivity index (χ3n) is 3.44. The first kappa shape index (κ1) is 18.2. The quantitative estimate of drug-likeness (QED) is 0.683. The van der Waals surface area contributed by atoms with Crippen LogP contribution in [0.15, 0.2) is 54.6 Å². The molecule has 0 heterocycles. The molecule has 0 saturated heterocycles. The van der Waals surface area contributed by atoms with Crippen LogP contribution in [-0.4, -0.2) is 29.8 Å². The predicted octanol–water partition coefficient (Wildman–Crippen LogP) is 2.22. The van der Waals surface area contributed by atoms with Gasteiger partial charge in [-0.05, 0) is 50.2 Å². The monoisotopic (exact) mass is 302 g/mol. The van der Waals surface area contributed by atoms with Crippen LogP contribution in [0.2, 0.25) is 0 Å². The van der Waals surface area contributed by atoms with Crippen molar-refractivity contribution in [1.29, 1.82) is 0 Å². The fourth-order valence-electron chi connectivity index (χ4n) is 1.93. The van der Waals surface area contributed by atoms with Gasteiger partial charge in [0.25, 0.3) is 0 Å². The van der Waals surface area contributed by atoms with E-state index in [-0.39, 0.29) is 6.04 Å². The first-order chi connectivity index (χ1) is 10.6. The first-order valence-corrected chi connectivity index (χ1v) is 7.46. The summed E-state index contributed by atoms with van der Waals surface area (Å²) >= 11 is 0. The molecule has 2 aromatic rings. The van der Waals surface area contributed by atoms with E-state index in [0.29, 0.717) is 12.3 Å². The topological polar surface area (TPSA) is 78.5 Å². The summed E-state index contributed by atoms with van der Waals surface area (Å²) in [5, 5.41) is 21.6. The van der Waals surface area contributed by atoms with Crippen molar-refractivity contribution in [2.24, 2.45) is 5.73 Å². The zero-order valence-electron chi connectivity index (χ0n) is 13.2. The van der Waals surface area contributed by atoms with Crippen LogP contribution < -0.4 is 11.1 Å². The highest BCUT2D eigenvalue weighted by Crippen LogP contribution is 2.15. The number of aromatic hydroxyl groups is 1. The van der Waals surface area contributed by atoms with E-state index < -0.39 is 6.10 Å². The van der Waals surface area contributed by atoms with E-state index in [2.05, 4.69) is 5.32 Å². The highest BCUT2D eigenvalue weighted by Gasteiger charge is 2.12. The molecule has 0 fully saturated rings. The Labute approximate surface area is 132 Å². The maximum absolute atomic E-state index is 9.73. The molecule has 2 rings (SSSR count). The van der Waals surface area contributed by atoms with Gasteiger partial charge in [-0.2, -0.15) is 0 Å². The third kappa shape index (κ3) is 6.26. The predicted molar refractivity (Wildman–Crippen MR) is 90.8 cm³/mol. The van der Waals surface area contributed by atoms with Crippen LogP contribution in [0.5, 0.6) is 5.75 Å². The number of nitrogens with two attached hydrogens (primary N) is 1. The van der Waals surface area contributed by atoms with Gasteiger partial charge >= 0.3 is 0 Å². The molecule has 0 amide bonds. The molecule has 0 radical (unpaired) electrons. The van der Waals surface area contributed by atoms with Crippen molar-refractivity contribution in [2.75, 3.05) is 13.6 Å². The van der Waals surface area contributed by atoms with Gasteiger partial charge in [-0.3, -0.25) is 0 Å². The van der Waals surface area contributed by atoms with Crippen LogP contribution in [-0.2, 0) is 6.42 Å². The summed E-state index contributed by atoms with van der Waals surface area (Å²) in [6, 6.07) is 16.9. The van der Waals surface area contributed by atoms with Gasteiger partial charge in [0.2, 0.25) is 0 Å². The van der Waals surface area contributed by atoms with E-state index in [1.165, 1.54) is 5.56 Å². The Kier molecular flexibility index (Phi) is 8.22. The average Bonchev–Trinajstić information content (AvgIpc) is 2.57. The van der Waals surface area contributed by atoms with Crippen molar-refractivity contribution >= 4 is 0 Å². The lowest BCUT2D eigenvalue weighted by molar-refractivity contribution is 0.140. The van der Waals surface area contributed by atoms with E-state index >= 15 is 0 Å². The van der Waals surface area contributed by atoms with Gasteiger partial charge in [0.15, 0.2) is 0 Å². The Morgan fingerprint density at radius 2 is 1.64 bits per heavy atom. The van der Waals surface area contributed by atoms with Gasteiger partial charge in [0.05, 0.1) is 6.10 Å². The minimum Gasteiger partial charge on any atom is -0.508 e. The average molecular weight is 302 g/mol. The number of nitrogens with one attached hydrogen (secondary N) is 1. The number of rotatable bonds is 5. The molecule has 2 aromatic carbocycles. The maximum Gasteiger partial charge on any atom is 0.115 e. The SMILES string of the molecule is CN[C@@H](C)[C@@H](O)c1ccccc1.NCCc1ccc(O)cc1. The van der Waals surface area contributed by atoms with Crippen LogP contribution in [0.3, 0.4) is 0 Å². The molecule has 120 valence electrons. The van der Waals surface area contributed by atoms with Gasteiger partial charge in [-0.1, -0.05) is 42.5 Å². The summed E-state index contributed by atoms with van der Waals surface area (Å²) in [4.78, 5) is 0. The zero-order valence-corrected chi connectivity index (χ0v) is 13.2. The molecule has 4 nitrogen and oxygen atoms in total. The van der Waals surface area contributed by atoms with Gasteiger partial charge < -0.3 is 21.3 Å². The largest absolute Gasteiger partial charge is 0.508 e. The van der Waals surface area contributed by atoms with Crippen LogP contribution in [0, 0.1) is 0 Å². The summed E-state index contributed by atoms with van der Waals surface area (Å²) in [5.41, 5.74) is 7.46. The molecule has 5 N–H and O–H groups in total. The first-order valence-electron chi connectivity index (χ1n) is 7.46. The number of hydrogen-bond acceptors (Lipinski definition) is 4. The van der Waals surface area contributed by atoms with Crippen LogP contribution >= 0.6 is 0 Å². The molecule has 22 heavy (non-hydrogen) atoms. The molecule has 0 saturated carbocycles. The fraction of sp³-hybridized carbons (Fsp3) is 0.333. The Morgan fingerprint density at radius 3 is 2.14 bits per heavy atom. The molecule has 0 aliphatic carbocycles. The van der Waals surface area contributed by atoms with Crippen LogP contribution in [0.1, 0.15) is 24.2 Å². The molecule has 4 heteroatoms. The minimum absolute atomic E-state index is 0.0902. The van der Waals surface area contributed by atoms with Crippen molar-refractivity contribution in [3.05, 3.63) is 65.7 Å². The number of hydrogen-bond donors (Lipinski definition) is 4. The molecule has 0 bridgehead atoms. The molecular formula is C18H26N2O2. The van der Waals surface area contributed by atoms with E-state index in [1.807, 2.05) is 56.4 Å². The van der Waals surface area contributed by atoms with E-state index in [9.17, 15) is 5.11 Å². The van der Waals surface area contributed by atoms with Crippen molar-refractivity contribution in [2.45, 2.75) is 25.5 Å². The zero-order chi connectivity index (χ0) is 16.4. The second-order valence-electron chi connectivity index (χ2n) is 5.14. The van der Waals surface area contributed by atoms with Gasteiger partial charge in [-0.15, -0.1) is 0 Å². The van der Waals surface area contributed by atoms with E-state index in [0.717, 1.165) is 12.0 Å². The Balaban J connectivity index is 0.000000224. The minimum atomic E-state index is -0.420. The summed E-state index contributed by atoms with van der Waals surface area (Å²) in [6.45, 7) is 2.61. The Morgan fingerprint density at radius 1 is 1.05 bits per heavy atom. The Hall–Kier alpha value is -1.88. The molecule has 0 spiro atoms. The highest BCUT2D eigenvalue weighted by molar-refractivity contribution is 5.25. The molecule has 0 aliphatic heterocycles. The van der Waals surface area contributed by atoms with Crippen LogP contribution in [0.25, 0.3) is 0 Å². The van der Waals surface area contributed by atoms with Gasteiger partial charge in [0, 0.05) is 6.04 Å². The molecular weight excluding hydrogens is 276 g/mol. The smallest absolute Gasteiger partial charge is 0.115 e. The van der Waals surface area contributed by atoms with Gasteiger partial charge in [0.1, 0.15) is 5.75 Å². The molecule has 0 aromatic heterocycles. The number of phenols is 1. The number of benzene rings is 2. The third-order valence-corrected chi connectivity index (χ3v) is 3.44. The number of likely N-dealkylation sites (N-methyl/N-ethyl adjacent to an activating group) is 1. The second-order valence-corrected chi connectivity index (χ2v) is 5.14. The van der Waals surface area contributed by atoms with Crippen molar-refractivity contribution < 1.29 is 10.2 Å². The number of phenolic OH excluding ortho intramolecular Hbond substituents is 1. The van der Waals surface area contributed by atoms with Crippen molar-refractivity contribution in [1.82, 2.24) is 5.32 Å². The summed E-state index contributed by atoms with van der Waals surface area (Å²) < 4.78 is 0. The Bertz CT molecular complexity index is 514. The summed E-state index contributed by atoms with van der Waals surface area (Å²) in [6.07, 6.45) is 0.455. The number of aliphatic hydroxyl groups is 1. The second kappa shape index (κ2) is 9.95. The maximum atomic E-state index is 9.73. The molecule has 0 aliphatic rings. The normalized spacial score (nSPS) is 12.9. The fourth-order valence-corrected chi connectivity index (χ4v) is 1.93. The summed E-state index contributed by atoms with van der Waals surface area (Å²) in [7, 11) is 1.84. The van der Waals surface area contributed by atoms with Crippen LogP contribution in [0.4, 0.5) is 0 Å². The standard InChI is InChI=1S/C10H15NO.C8H11NO/c1-8(11-2)10(12)9-6-4-3-5-7-9;9-6-5-7-1-3-8(10)4-2-7/h3-8,10-12H,1-2H3;1-4,10H,5-6,9H2/t8-,10+;/m0./s1. The lowest BCUT2D eigenvalue weighted by atomic mass is 10.0. The van der Waals surface area contributed by atoms with E-state index in [4.69, 9.17) is 10.8 Å².